The number of hydrogen-bond donors (Lipinski definition) is 1. The summed E-state index contributed by atoms with van der Waals surface area (Å²) < 4.78 is 3.67. The number of carboxylic acids is 1. The summed E-state index contributed by atoms with van der Waals surface area (Å²) in [5.74, 6) is -0.241. The van der Waals surface area contributed by atoms with Crippen LogP contribution in [0.2, 0.25) is 0 Å². The molecule has 1 aliphatic carbocycles. The van der Waals surface area contributed by atoms with Gasteiger partial charge in [0.25, 0.3) is 0 Å². The van der Waals surface area contributed by atoms with Crippen LogP contribution < -0.4 is 0 Å². The number of imidazole rings is 1. The summed E-state index contributed by atoms with van der Waals surface area (Å²) in [5, 5.41) is 13.3. The second kappa shape index (κ2) is 4.69. The van der Waals surface area contributed by atoms with Gasteiger partial charge in [0, 0.05) is 18.6 Å². The van der Waals surface area contributed by atoms with Crippen LogP contribution in [0.15, 0.2) is 30.7 Å². The van der Waals surface area contributed by atoms with Crippen molar-refractivity contribution in [2.24, 2.45) is 0 Å². The molecule has 0 radical (unpaired) electrons. The zero-order valence-corrected chi connectivity index (χ0v) is 12.2. The first-order valence-electron chi connectivity index (χ1n) is 7.35. The van der Waals surface area contributed by atoms with Crippen molar-refractivity contribution in [2.45, 2.75) is 32.2 Å². The lowest BCUT2D eigenvalue weighted by Gasteiger charge is -1.98. The van der Waals surface area contributed by atoms with Crippen LogP contribution in [0.5, 0.6) is 0 Å². The van der Waals surface area contributed by atoms with E-state index in [1.54, 1.807) is 17.8 Å². The third-order valence-electron chi connectivity index (χ3n) is 4.07. The number of aromatic carboxylic acids is 1. The molecule has 3 aromatic heterocycles. The molecule has 1 fully saturated rings. The molecule has 0 saturated heterocycles. The topological polar surface area (TPSA) is 72.4 Å². The highest BCUT2D eigenvalue weighted by molar-refractivity contribution is 5.88. The van der Waals surface area contributed by atoms with Crippen LogP contribution in [0.25, 0.3) is 5.65 Å². The Morgan fingerprint density at radius 1 is 1.32 bits per heavy atom. The molecule has 1 aliphatic rings. The van der Waals surface area contributed by atoms with Crippen molar-refractivity contribution in [3.05, 3.63) is 53.2 Å². The summed E-state index contributed by atoms with van der Waals surface area (Å²) in [6.45, 7) is 2.17. The summed E-state index contributed by atoms with van der Waals surface area (Å²) in [6, 6.07) is 4.18. The van der Waals surface area contributed by atoms with E-state index in [1.807, 2.05) is 16.7 Å². The molecular formula is C16H16N4O2. The van der Waals surface area contributed by atoms with Gasteiger partial charge in [0.2, 0.25) is 0 Å². The fraction of sp³-hybridized carbons (Fsp3) is 0.312. The molecule has 6 nitrogen and oxygen atoms in total. The Morgan fingerprint density at radius 3 is 2.82 bits per heavy atom. The first kappa shape index (κ1) is 13.1. The highest BCUT2D eigenvalue weighted by Gasteiger charge is 2.23. The number of carbonyl (C=O) groups is 1. The smallest absolute Gasteiger partial charge is 0.339 e. The highest BCUT2D eigenvalue weighted by Crippen LogP contribution is 2.39. The van der Waals surface area contributed by atoms with Crippen LogP contribution in [0.1, 0.15) is 46.1 Å². The number of carboxylic acid groups (broad SMARTS) is 1. The van der Waals surface area contributed by atoms with E-state index in [0.717, 1.165) is 11.3 Å². The molecule has 0 atom stereocenters. The molecular weight excluding hydrogens is 280 g/mol. The van der Waals surface area contributed by atoms with Crippen LogP contribution in [-0.2, 0) is 6.54 Å². The average molecular weight is 296 g/mol. The minimum absolute atomic E-state index is 0.236. The molecule has 6 heteroatoms. The maximum Gasteiger partial charge on any atom is 0.339 e. The molecule has 1 saturated carbocycles. The summed E-state index contributed by atoms with van der Waals surface area (Å²) in [5.41, 5.74) is 3.89. The van der Waals surface area contributed by atoms with Gasteiger partial charge in [-0.05, 0) is 37.3 Å². The molecule has 3 heterocycles. The number of fused-ring (bicyclic) bond motifs is 1. The lowest BCUT2D eigenvalue weighted by Crippen LogP contribution is -2.00. The van der Waals surface area contributed by atoms with Gasteiger partial charge in [0.15, 0.2) is 0 Å². The van der Waals surface area contributed by atoms with Gasteiger partial charge in [-0.15, -0.1) is 0 Å². The van der Waals surface area contributed by atoms with Gasteiger partial charge in [-0.1, -0.05) is 6.07 Å². The molecule has 0 unspecified atom stereocenters. The highest BCUT2D eigenvalue weighted by atomic mass is 16.4. The quantitative estimate of drug-likeness (QED) is 0.802. The summed E-state index contributed by atoms with van der Waals surface area (Å²) >= 11 is 0. The lowest BCUT2D eigenvalue weighted by atomic mass is 10.2. The fourth-order valence-electron chi connectivity index (χ4n) is 2.77. The molecule has 0 aromatic carbocycles. The van der Waals surface area contributed by atoms with Crippen molar-refractivity contribution in [3.63, 3.8) is 0 Å². The van der Waals surface area contributed by atoms with Gasteiger partial charge in [-0.3, -0.25) is 4.68 Å². The van der Waals surface area contributed by atoms with Crippen molar-refractivity contribution >= 4 is 11.6 Å². The second-order valence-electron chi connectivity index (χ2n) is 5.87. The van der Waals surface area contributed by atoms with Crippen molar-refractivity contribution in [3.8, 4) is 0 Å². The summed E-state index contributed by atoms with van der Waals surface area (Å²) in [6.07, 6.45) is 8.23. The second-order valence-corrected chi connectivity index (χ2v) is 5.87. The zero-order valence-electron chi connectivity index (χ0n) is 12.2. The normalized spacial score (nSPS) is 14.6. The van der Waals surface area contributed by atoms with E-state index >= 15 is 0 Å². The largest absolute Gasteiger partial charge is 0.478 e. The first-order chi connectivity index (χ1) is 10.6. The van der Waals surface area contributed by atoms with Crippen molar-refractivity contribution in [1.82, 2.24) is 19.2 Å². The maximum atomic E-state index is 11.1. The predicted molar refractivity (Wildman–Crippen MR) is 80.2 cm³/mol. The minimum Gasteiger partial charge on any atom is -0.478 e. The van der Waals surface area contributed by atoms with Gasteiger partial charge >= 0.3 is 5.97 Å². The maximum absolute atomic E-state index is 11.1. The number of nitrogens with zero attached hydrogens (tertiary/aromatic N) is 4. The van der Waals surface area contributed by atoms with Crippen molar-refractivity contribution in [2.75, 3.05) is 0 Å². The molecule has 4 rings (SSSR count). The van der Waals surface area contributed by atoms with E-state index in [9.17, 15) is 4.79 Å². The monoisotopic (exact) mass is 296 g/mol. The van der Waals surface area contributed by atoms with E-state index in [1.165, 1.54) is 18.4 Å². The molecule has 22 heavy (non-hydrogen) atoms. The number of hydrogen-bond acceptors (Lipinski definition) is 3. The summed E-state index contributed by atoms with van der Waals surface area (Å²) in [7, 11) is 0. The Labute approximate surface area is 127 Å². The van der Waals surface area contributed by atoms with E-state index in [2.05, 4.69) is 22.3 Å². The van der Waals surface area contributed by atoms with Gasteiger partial charge < -0.3 is 9.51 Å². The van der Waals surface area contributed by atoms with Gasteiger partial charge in [0.05, 0.1) is 17.9 Å². The van der Waals surface area contributed by atoms with E-state index in [-0.39, 0.29) is 5.56 Å². The Hall–Kier alpha value is -2.63. The molecule has 3 aromatic rings. The molecule has 0 amide bonds. The van der Waals surface area contributed by atoms with Crippen molar-refractivity contribution < 1.29 is 9.90 Å². The first-order valence-corrected chi connectivity index (χ1v) is 7.35. The van der Waals surface area contributed by atoms with Crippen LogP contribution in [-0.4, -0.2) is 30.2 Å². The Morgan fingerprint density at radius 2 is 2.14 bits per heavy atom. The standard InChI is InChI=1S/C16H16N4O2/c1-10-14(16(21)22)9-20(18-10)8-13-7-19-6-12(11-2-3-11)4-5-15(19)17-13/h4-7,9,11H,2-3,8H2,1H3,(H,21,22). The van der Waals surface area contributed by atoms with Gasteiger partial charge in [-0.25, -0.2) is 9.78 Å². The Bertz CT molecular complexity index is 874. The predicted octanol–water partition coefficient (Wildman–Crippen LogP) is 2.46. The lowest BCUT2D eigenvalue weighted by molar-refractivity contribution is 0.0696. The number of aromatic nitrogens is 4. The van der Waals surface area contributed by atoms with Crippen LogP contribution >= 0.6 is 0 Å². The average Bonchev–Trinajstić information content (AvgIpc) is 3.14. The Kier molecular flexibility index (Phi) is 2.79. The van der Waals surface area contributed by atoms with Crippen LogP contribution in [0.3, 0.4) is 0 Å². The van der Waals surface area contributed by atoms with Gasteiger partial charge in [0.1, 0.15) is 11.2 Å². The van der Waals surface area contributed by atoms with E-state index in [0.29, 0.717) is 18.2 Å². The zero-order chi connectivity index (χ0) is 15.3. The third-order valence-corrected chi connectivity index (χ3v) is 4.07. The van der Waals surface area contributed by atoms with E-state index in [4.69, 9.17) is 5.11 Å². The van der Waals surface area contributed by atoms with Crippen LogP contribution in [0, 0.1) is 6.92 Å². The molecule has 0 bridgehead atoms. The molecule has 1 N–H and O–H groups in total. The fourth-order valence-corrected chi connectivity index (χ4v) is 2.77. The number of rotatable bonds is 4. The summed E-state index contributed by atoms with van der Waals surface area (Å²) in [4.78, 5) is 15.6. The third kappa shape index (κ3) is 2.26. The number of pyridine rings is 1. The van der Waals surface area contributed by atoms with E-state index < -0.39 is 5.97 Å². The SMILES string of the molecule is Cc1nn(Cc2cn3cc(C4CC4)ccc3n2)cc1C(=O)O. The molecule has 0 aliphatic heterocycles. The van der Waals surface area contributed by atoms with Gasteiger partial charge in [-0.2, -0.15) is 5.10 Å². The van der Waals surface area contributed by atoms with Crippen molar-refractivity contribution in [1.29, 1.82) is 0 Å². The van der Waals surface area contributed by atoms with Crippen LogP contribution in [0.4, 0.5) is 0 Å². The minimum atomic E-state index is -0.951. The number of aryl methyl sites for hydroxylation is 1. The molecule has 112 valence electrons. The Balaban J connectivity index is 1.63. The molecule has 0 spiro atoms.